The summed E-state index contributed by atoms with van der Waals surface area (Å²) in [6, 6.07) is 1.91. The molecule has 0 aliphatic heterocycles. The predicted molar refractivity (Wildman–Crippen MR) is 81.2 cm³/mol. The van der Waals surface area contributed by atoms with Crippen molar-refractivity contribution in [1.82, 2.24) is 15.0 Å². The highest BCUT2D eigenvalue weighted by Crippen LogP contribution is 2.12. The maximum atomic E-state index is 5.09. The molecule has 0 amide bonds. The van der Waals surface area contributed by atoms with Crippen molar-refractivity contribution in [1.29, 1.82) is 0 Å². The number of nitrogens with zero attached hydrogens (tertiary/aromatic N) is 3. The fourth-order valence-corrected chi connectivity index (χ4v) is 2.33. The second-order valence-corrected chi connectivity index (χ2v) is 4.89. The van der Waals surface area contributed by atoms with Gasteiger partial charge in [0.25, 0.3) is 0 Å². The van der Waals surface area contributed by atoms with Crippen molar-refractivity contribution in [3.8, 4) is 0 Å². The van der Waals surface area contributed by atoms with Crippen LogP contribution in [-0.2, 0) is 17.8 Å². The van der Waals surface area contributed by atoms with Crippen molar-refractivity contribution < 1.29 is 4.74 Å². The van der Waals surface area contributed by atoms with Gasteiger partial charge in [0, 0.05) is 38.1 Å². The number of hydrogen-bond donors (Lipinski definition) is 2. The Morgan fingerprint density at radius 2 is 2.05 bits per heavy atom. The van der Waals surface area contributed by atoms with E-state index in [-0.39, 0.29) is 0 Å². The number of thiazole rings is 1. The summed E-state index contributed by atoms with van der Waals surface area (Å²) in [6.45, 7) is 4.05. The molecular formula is C13H19N5OS. The summed E-state index contributed by atoms with van der Waals surface area (Å²) < 4.78 is 5.09. The zero-order chi connectivity index (χ0) is 14.2. The lowest BCUT2D eigenvalue weighted by Crippen LogP contribution is -2.10. The lowest BCUT2D eigenvalue weighted by Gasteiger charge is -2.10. The first-order chi connectivity index (χ1) is 9.81. The third-order valence-corrected chi connectivity index (χ3v) is 3.21. The van der Waals surface area contributed by atoms with Crippen LogP contribution in [0.4, 0.5) is 11.6 Å². The van der Waals surface area contributed by atoms with Crippen LogP contribution in [0.15, 0.2) is 17.0 Å². The molecule has 2 rings (SSSR count). The molecule has 0 atom stereocenters. The van der Waals surface area contributed by atoms with Gasteiger partial charge in [-0.05, 0) is 6.92 Å². The first kappa shape index (κ1) is 14.7. The van der Waals surface area contributed by atoms with E-state index in [2.05, 4.69) is 31.0 Å². The van der Waals surface area contributed by atoms with E-state index in [1.165, 1.54) is 0 Å². The van der Waals surface area contributed by atoms with Gasteiger partial charge in [-0.1, -0.05) is 0 Å². The summed E-state index contributed by atoms with van der Waals surface area (Å²) in [5, 5.41) is 8.55. The van der Waals surface area contributed by atoms with Crippen molar-refractivity contribution >= 4 is 23.0 Å². The molecule has 2 N–H and O–H groups in total. The van der Waals surface area contributed by atoms with E-state index in [0.717, 1.165) is 36.8 Å². The van der Waals surface area contributed by atoms with Gasteiger partial charge in [-0.25, -0.2) is 15.0 Å². The topological polar surface area (TPSA) is 72.0 Å². The Bertz CT molecular complexity index is 493. The molecule has 0 saturated heterocycles. The summed E-state index contributed by atoms with van der Waals surface area (Å²) in [4.78, 5) is 13.0. The summed E-state index contributed by atoms with van der Waals surface area (Å²) in [6.07, 6.45) is 0.879. The first-order valence-corrected chi connectivity index (χ1v) is 7.47. The second kappa shape index (κ2) is 7.76. The van der Waals surface area contributed by atoms with E-state index < -0.39 is 0 Å². The van der Waals surface area contributed by atoms with Crippen molar-refractivity contribution in [2.45, 2.75) is 20.0 Å². The molecule has 2 aromatic rings. The summed E-state index contributed by atoms with van der Waals surface area (Å²) >= 11 is 1.61. The van der Waals surface area contributed by atoms with Crippen LogP contribution in [0.1, 0.15) is 18.4 Å². The molecule has 0 bridgehead atoms. The molecule has 0 aliphatic rings. The van der Waals surface area contributed by atoms with Gasteiger partial charge in [0.05, 0.1) is 11.2 Å². The Kier molecular flexibility index (Phi) is 5.69. The zero-order valence-corrected chi connectivity index (χ0v) is 12.5. The van der Waals surface area contributed by atoms with Crippen LogP contribution < -0.4 is 10.6 Å². The number of hydrogen-bond acceptors (Lipinski definition) is 7. The number of nitrogens with one attached hydrogen (secondary N) is 2. The summed E-state index contributed by atoms with van der Waals surface area (Å²) in [5.74, 6) is 2.28. The van der Waals surface area contributed by atoms with Gasteiger partial charge in [-0.2, -0.15) is 0 Å². The Morgan fingerprint density at radius 1 is 1.25 bits per heavy atom. The molecule has 20 heavy (non-hydrogen) atoms. The number of rotatable bonds is 8. The number of aromatic nitrogens is 3. The van der Waals surface area contributed by atoms with Gasteiger partial charge >= 0.3 is 0 Å². The molecule has 0 spiro atoms. The number of anilines is 2. The second-order valence-electron chi connectivity index (χ2n) is 4.17. The maximum Gasteiger partial charge on any atom is 0.158 e. The van der Waals surface area contributed by atoms with Crippen LogP contribution in [0.5, 0.6) is 0 Å². The van der Waals surface area contributed by atoms with Gasteiger partial charge in [0.1, 0.15) is 18.2 Å². The maximum absolute atomic E-state index is 5.09. The van der Waals surface area contributed by atoms with Crippen LogP contribution in [0, 0.1) is 0 Å². The van der Waals surface area contributed by atoms with Crippen LogP contribution in [0.2, 0.25) is 0 Å². The monoisotopic (exact) mass is 293 g/mol. The molecule has 0 fully saturated rings. The van der Waals surface area contributed by atoms with E-state index in [1.54, 1.807) is 18.4 Å². The van der Waals surface area contributed by atoms with Crippen LogP contribution in [0.25, 0.3) is 0 Å². The number of ether oxygens (including phenoxy) is 1. The molecule has 2 aromatic heterocycles. The zero-order valence-electron chi connectivity index (χ0n) is 11.7. The van der Waals surface area contributed by atoms with E-state index in [9.17, 15) is 0 Å². The Hall–Kier alpha value is -1.73. The van der Waals surface area contributed by atoms with E-state index in [4.69, 9.17) is 4.74 Å². The van der Waals surface area contributed by atoms with Crippen molar-refractivity contribution in [2.75, 3.05) is 30.8 Å². The molecule has 2 heterocycles. The highest BCUT2D eigenvalue weighted by Gasteiger charge is 2.04. The van der Waals surface area contributed by atoms with E-state index in [1.807, 2.05) is 18.5 Å². The average Bonchev–Trinajstić information content (AvgIpc) is 2.92. The molecule has 6 nitrogen and oxygen atoms in total. The van der Waals surface area contributed by atoms with Gasteiger partial charge in [-0.15, -0.1) is 11.3 Å². The number of methoxy groups -OCH3 is 1. The van der Waals surface area contributed by atoms with Gasteiger partial charge in [-0.3, -0.25) is 0 Å². The molecular weight excluding hydrogens is 274 g/mol. The smallest absolute Gasteiger partial charge is 0.158 e. The molecule has 0 radical (unpaired) electrons. The quantitative estimate of drug-likeness (QED) is 0.777. The Balaban J connectivity index is 1.97. The SMILES string of the molecule is CCNc1cc(NCCc2cscn2)nc(COC)n1. The van der Waals surface area contributed by atoms with Crippen LogP contribution >= 0.6 is 11.3 Å². The average molecular weight is 293 g/mol. The van der Waals surface area contributed by atoms with E-state index >= 15 is 0 Å². The summed E-state index contributed by atoms with van der Waals surface area (Å²) in [7, 11) is 1.64. The normalized spacial score (nSPS) is 10.5. The van der Waals surface area contributed by atoms with Gasteiger partial charge in [0.2, 0.25) is 0 Å². The molecule has 108 valence electrons. The fraction of sp³-hybridized carbons (Fsp3) is 0.462. The molecule has 0 unspecified atom stereocenters. The first-order valence-electron chi connectivity index (χ1n) is 6.53. The third kappa shape index (κ3) is 4.43. The standard InChI is InChI=1S/C13H19N5OS/c1-3-14-11-6-12(18-13(17-11)7-19-2)15-5-4-10-8-20-9-16-10/h6,8-9H,3-5,7H2,1-2H3,(H2,14,15,17,18). The minimum atomic E-state index is 0.403. The minimum Gasteiger partial charge on any atom is -0.377 e. The lowest BCUT2D eigenvalue weighted by molar-refractivity contribution is 0.178. The fourth-order valence-electron chi connectivity index (χ4n) is 1.73. The highest BCUT2D eigenvalue weighted by atomic mass is 32.1. The molecule has 0 saturated carbocycles. The minimum absolute atomic E-state index is 0.403. The predicted octanol–water partition coefficient (Wildman–Crippen LogP) is 2.17. The molecule has 0 aliphatic carbocycles. The van der Waals surface area contributed by atoms with Crippen molar-refractivity contribution in [3.05, 3.63) is 28.5 Å². The Morgan fingerprint density at radius 3 is 2.70 bits per heavy atom. The summed E-state index contributed by atoms with van der Waals surface area (Å²) in [5.41, 5.74) is 2.94. The lowest BCUT2D eigenvalue weighted by atomic mass is 10.3. The van der Waals surface area contributed by atoms with Gasteiger partial charge in [0.15, 0.2) is 5.82 Å². The largest absolute Gasteiger partial charge is 0.377 e. The molecule has 7 heteroatoms. The van der Waals surface area contributed by atoms with Crippen molar-refractivity contribution in [2.24, 2.45) is 0 Å². The van der Waals surface area contributed by atoms with Crippen LogP contribution in [-0.4, -0.2) is 35.2 Å². The van der Waals surface area contributed by atoms with Crippen molar-refractivity contribution in [3.63, 3.8) is 0 Å². The highest BCUT2D eigenvalue weighted by molar-refractivity contribution is 7.07. The van der Waals surface area contributed by atoms with Crippen LogP contribution in [0.3, 0.4) is 0 Å². The van der Waals surface area contributed by atoms with E-state index in [0.29, 0.717) is 12.4 Å². The van der Waals surface area contributed by atoms with Gasteiger partial charge < -0.3 is 15.4 Å². The third-order valence-electron chi connectivity index (χ3n) is 2.57. The Labute approximate surface area is 122 Å². The molecule has 0 aromatic carbocycles.